The lowest BCUT2D eigenvalue weighted by atomic mass is 9.77. The average Bonchev–Trinajstić information content (AvgIpc) is 3.89. The number of nitrogens with zero attached hydrogens (tertiary/aromatic N) is 4. The summed E-state index contributed by atoms with van der Waals surface area (Å²) in [6, 6.07) is 51.6. The first-order chi connectivity index (χ1) is 35.7. The molecule has 2 aromatic heterocycles. The van der Waals surface area contributed by atoms with Crippen LogP contribution in [0.1, 0.15) is 74.2 Å². The molecule has 5 aromatic carbocycles. The molecule has 0 unspecified atom stereocenters. The monoisotopic (exact) mass is 1040 g/mol. The second-order valence-corrected chi connectivity index (χ2v) is 22.0. The third kappa shape index (κ3) is 11.3. The van der Waals surface area contributed by atoms with Crippen LogP contribution in [0.3, 0.4) is 0 Å². The van der Waals surface area contributed by atoms with Gasteiger partial charge >= 0.3 is 11.9 Å². The Morgan fingerprint density at radius 2 is 1.32 bits per heavy atom. The number of anilines is 1. The van der Waals surface area contributed by atoms with Crippen molar-refractivity contribution in [1.29, 1.82) is 0 Å². The highest BCUT2D eigenvalue weighted by molar-refractivity contribution is 8.01. The van der Waals surface area contributed by atoms with E-state index in [1.807, 2.05) is 164 Å². The Labute approximate surface area is 442 Å². The van der Waals surface area contributed by atoms with Crippen LogP contribution in [0.25, 0.3) is 0 Å². The SMILES string of the molecule is CC(C)(C)OC(=O)C(C)(C)O/N=C(\C(=O)N[C@@H]1C(=O)N2C(C(=O)OC(c3ccccc3)c3ccccc3)=C(CSc3cccnc3)CS[C@H]12)c1csc(NC(c2ccccc2)(c2ccccc2)c2ccccc2)n1. The first-order valence-electron chi connectivity index (χ1n) is 23.9. The summed E-state index contributed by atoms with van der Waals surface area (Å²) in [7, 11) is 0. The maximum atomic E-state index is 14.9. The van der Waals surface area contributed by atoms with Crippen LogP contribution in [0.4, 0.5) is 5.13 Å². The number of thioether (sulfide) groups is 2. The van der Waals surface area contributed by atoms with Gasteiger partial charge in [0.2, 0.25) is 5.60 Å². The number of oxime groups is 1. The molecule has 1 fully saturated rings. The predicted octanol–water partition coefficient (Wildman–Crippen LogP) is 10.6. The molecule has 2 N–H and O–H groups in total. The number of rotatable bonds is 18. The number of esters is 2. The average molecular weight is 1040 g/mol. The van der Waals surface area contributed by atoms with Gasteiger partial charge in [-0.3, -0.25) is 19.5 Å². The van der Waals surface area contributed by atoms with Crippen LogP contribution in [0.15, 0.2) is 203 Å². The zero-order chi connectivity index (χ0) is 51.9. The van der Waals surface area contributed by atoms with Crippen molar-refractivity contribution < 1.29 is 33.5 Å². The van der Waals surface area contributed by atoms with Crippen LogP contribution >= 0.6 is 34.9 Å². The van der Waals surface area contributed by atoms with E-state index in [0.29, 0.717) is 22.2 Å². The number of ether oxygens (including phenoxy) is 2. The van der Waals surface area contributed by atoms with Gasteiger partial charge < -0.3 is 24.9 Å². The standard InChI is InChI=1S/C58H54N6O7S3/c1-56(2,3)70-54(68)57(4,5)71-63-46(45-37-74-55(60-45)62-58(41-26-15-8-16-27-41,42-28-17-9-18-29-42)43-30-19-10-20-31-43)50(65)61-47-51(66)64-48(40(36-73-52(47)64)35-72-44-32-21-33-59-34-44)53(67)69-49(38-22-11-6-12-23-38)39-24-13-7-14-25-39/h6-34,37,47,49,52H,35-36H2,1-5H3,(H,60,62)(H,61,65)/b63-46-/t47-,52-/m1/s1. The Morgan fingerprint density at radius 1 is 0.770 bits per heavy atom. The molecule has 9 rings (SSSR count). The molecule has 0 spiro atoms. The molecular weight excluding hydrogens is 989 g/mol. The minimum Gasteiger partial charge on any atom is -0.457 e. The summed E-state index contributed by atoms with van der Waals surface area (Å²) in [5.41, 5.74) is 1.55. The van der Waals surface area contributed by atoms with Crippen LogP contribution in [-0.2, 0) is 39.0 Å². The fourth-order valence-corrected chi connectivity index (χ4v) is 11.6. The number of amides is 2. The van der Waals surface area contributed by atoms with Crippen LogP contribution in [0, 0.1) is 0 Å². The topological polar surface area (TPSA) is 161 Å². The third-order valence-corrected chi connectivity index (χ3v) is 15.3. The number of benzene rings is 5. The number of β-lactam (4-membered cyclic amide) rings is 1. The normalized spacial score (nSPS) is 15.9. The second-order valence-electron chi connectivity index (χ2n) is 19.0. The number of aromatic nitrogens is 2. The van der Waals surface area contributed by atoms with Crippen molar-refractivity contribution in [3.8, 4) is 0 Å². The van der Waals surface area contributed by atoms with Crippen molar-refractivity contribution in [2.45, 2.75) is 73.8 Å². The van der Waals surface area contributed by atoms with E-state index < -0.39 is 58.0 Å². The van der Waals surface area contributed by atoms with Gasteiger partial charge in [-0.05, 0) is 80.1 Å². The molecule has 4 heterocycles. The highest BCUT2D eigenvalue weighted by atomic mass is 32.2. The quantitative estimate of drug-likeness (QED) is 0.0209. The van der Waals surface area contributed by atoms with Crippen LogP contribution in [0.2, 0.25) is 0 Å². The number of fused-ring (bicyclic) bond motifs is 1. The van der Waals surface area contributed by atoms with Crippen molar-refractivity contribution in [2.24, 2.45) is 5.16 Å². The molecule has 0 radical (unpaired) electrons. The fourth-order valence-electron chi connectivity index (χ4n) is 8.53. The van der Waals surface area contributed by atoms with Gasteiger partial charge in [0.05, 0.1) is 0 Å². The summed E-state index contributed by atoms with van der Waals surface area (Å²) >= 11 is 4.16. The van der Waals surface area contributed by atoms with E-state index in [1.165, 1.54) is 53.6 Å². The van der Waals surface area contributed by atoms with E-state index in [-0.39, 0.29) is 17.1 Å². The smallest absolute Gasteiger partial charge is 0.356 e. The lowest BCUT2D eigenvalue weighted by Crippen LogP contribution is -2.71. The molecule has 2 aliphatic rings. The van der Waals surface area contributed by atoms with Crippen molar-refractivity contribution in [3.63, 3.8) is 0 Å². The molecule has 2 amide bonds. The van der Waals surface area contributed by atoms with E-state index in [9.17, 15) is 19.2 Å². The van der Waals surface area contributed by atoms with Gasteiger partial charge in [0.15, 0.2) is 16.9 Å². The second kappa shape index (κ2) is 22.3. The van der Waals surface area contributed by atoms with Crippen molar-refractivity contribution in [1.82, 2.24) is 20.2 Å². The number of hydrogen-bond donors (Lipinski definition) is 2. The van der Waals surface area contributed by atoms with Gasteiger partial charge in [0.25, 0.3) is 11.8 Å². The maximum absolute atomic E-state index is 14.9. The van der Waals surface area contributed by atoms with E-state index in [1.54, 1.807) is 38.5 Å². The van der Waals surface area contributed by atoms with Crippen LogP contribution < -0.4 is 10.6 Å². The van der Waals surface area contributed by atoms with Gasteiger partial charge in [-0.25, -0.2) is 14.6 Å². The molecule has 7 aromatic rings. The number of nitrogens with one attached hydrogen (secondary N) is 2. The summed E-state index contributed by atoms with van der Waals surface area (Å²) in [5, 5.41) is 12.4. The molecule has 2 aliphatic heterocycles. The summed E-state index contributed by atoms with van der Waals surface area (Å²) in [5.74, 6) is -1.95. The summed E-state index contributed by atoms with van der Waals surface area (Å²) in [4.78, 5) is 75.1. The van der Waals surface area contributed by atoms with E-state index in [0.717, 1.165) is 32.7 Å². The maximum Gasteiger partial charge on any atom is 0.356 e. The molecule has 2 atom stereocenters. The van der Waals surface area contributed by atoms with Crippen LogP contribution in [-0.4, -0.2) is 78.5 Å². The summed E-state index contributed by atoms with van der Waals surface area (Å²) in [6.45, 7) is 8.20. The van der Waals surface area contributed by atoms with E-state index in [4.69, 9.17) is 19.3 Å². The zero-order valence-corrected chi connectivity index (χ0v) is 43.8. The molecule has 74 heavy (non-hydrogen) atoms. The van der Waals surface area contributed by atoms with Crippen LogP contribution in [0.5, 0.6) is 0 Å². The molecule has 1 saturated heterocycles. The third-order valence-electron chi connectivity index (χ3n) is 12.1. The first-order valence-corrected chi connectivity index (χ1v) is 26.8. The van der Waals surface area contributed by atoms with Crippen molar-refractivity contribution in [2.75, 3.05) is 16.8 Å². The van der Waals surface area contributed by atoms with Crippen molar-refractivity contribution >= 4 is 69.5 Å². The Morgan fingerprint density at radius 3 is 1.85 bits per heavy atom. The Balaban J connectivity index is 1.04. The fraction of sp³-hybridized carbons (Fsp3) is 0.224. The lowest BCUT2D eigenvalue weighted by molar-refractivity contribution is -0.179. The minimum atomic E-state index is -1.65. The van der Waals surface area contributed by atoms with Gasteiger partial charge in [0.1, 0.15) is 33.9 Å². The number of carbonyl (C=O) groups is 4. The van der Waals surface area contributed by atoms with Gasteiger partial charge in [-0.1, -0.05) is 157 Å². The lowest BCUT2D eigenvalue weighted by Gasteiger charge is -2.49. The van der Waals surface area contributed by atoms with E-state index in [2.05, 4.69) is 20.8 Å². The van der Waals surface area contributed by atoms with Gasteiger partial charge in [0, 0.05) is 34.2 Å². The molecule has 0 bridgehead atoms. The molecule has 16 heteroatoms. The minimum absolute atomic E-state index is 0.116. The van der Waals surface area contributed by atoms with Gasteiger partial charge in [-0.15, -0.1) is 34.9 Å². The molecule has 376 valence electrons. The Kier molecular flexibility index (Phi) is 15.5. The van der Waals surface area contributed by atoms with E-state index >= 15 is 0 Å². The first kappa shape index (κ1) is 51.4. The number of thiazole rings is 1. The highest BCUT2D eigenvalue weighted by Gasteiger charge is 2.55. The summed E-state index contributed by atoms with van der Waals surface area (Å²) in [6.07, 6.45) is 2.66. The molecule has 0 saturated carbocycles. The van der Waals surface area contributed by atoms with Crippen molar-refractivity contribution in [3.05, 3.63) is 226 Å². The van der Waals surface area contributed by atoms with Gasteiger partial charge in [-0.2, -0.15) is 0 Å². The predicted molar refractivity (Wildman–Crippen MR) is 290 cm³/mol. The number of pyridine rings is 1. The molecule has 0 aliphatic carbocycles. The number of hydrogen-bond acceptors (Lipinski definition) is 14. The molecule has 13 nitrogen and oxygen atoms in total. The Bertz CT molecular complexity index is 3020. The highest BCUT2D eigenvalue weighted by Crippen LogP contribution is 2.44. The number of carbonyl (C=O) groups excluding carboxylic acids is 4. The molecular formula is C58H54N6O7S3. The summed E-state index contributed by atoms with van der Waals surface area (Å²) < 4.78 is 12.0. The Hall–Kier alpha value is -7.53. The zero-order valence-electron chi connectivity index (χ0n) is 41.3. The largest absolute Gasteiger partial charge is 0.457 e.